The number of nitrogens with zero attached hydrogens (tertiary/aromatic N) is 3. The molecule has 0 saturated carbocycles. The van der Waals surface area contributed by atoms with Crippen LogP contribution in [0.15, 0.2) is 54.6 Å². The summed E-state index contributed by atoms with van der Waals surface area (Å²) in [5.41, 5.74) is 3.77. The molecular weight excluding hydrogens is 338 g/mol. The zero-order chi connectivity index (χ0) is 18.6. The zero-order valence-electron chi connectivity index (χ0n) is 15.5. The Hall–Kier alpha value is -2.70. The summed E-state index contributed by atoms with van der Waals surface area (Å²) < 4.78 is 0. The van der Waals surface area contributed by atoms with Gasteiger partial charge in [-0.15, -0.1) is 10.2 Å². The number of rotatable bonds is 5. The average Bonchev–Trinajstić information content (AvgIpc) is 3.09. The van der Waals surface area contributed by atoms with Crippen LogP contribution in [0.2, 0.25) is 0 Å². The van der Waals surface area contributed by atoms with Gasteiger partial charge in [0.15, 0.2) is 12.1 Å². The molecule has 0 fully saturated rings. The normalized spacial score (nSPS) is 18.0. The van der Waals surface area contributed by atoms with E-state index in [1.807, 2.05) is 18.2 Å². The molecule has 0 radical (unpaired) electrons. The maximum Gasteiger partial charge on any atom is 0.174 e. The number of para-hydroxylation sites is 1. The molecule has 2 aromatic carbocycles. The Bertz CT molecular complexity index is 879. The Kier molecular flexibility index (Phi) is 5.18. The lowest BCUT2D eigenvalue weighted by molar-refractivity contribution is 0.114. The molecule has 0 amide bonds. The maximum absolute atomic E-state index is 10.6. The summed E-state index contributed by atoms with van der Waals surface area (Å²) in [6.45, 7) is 0.832. The van der Waals surface area contributed by atoms with Crippen LogP contribution >= 0.6 is 0 Å². The molecule has 1 aliphatic rings. The first-order valence-corrected chi connectivity index (χ1v) is 9.37. The second-order valence-electron chi connectivity index (χ2n) is 7.13. The fourth-order valence-corrected chi connectivity index (χ4v) is 3.69. The van der Waals surface area contributed by atoms with Crippen LogP contribution in [0.4, 0.5) is 5.69 Å². The molecule has 2 heterocycles. The number of nitrogens with one attached hydrogen (secondary N) is 2. The zero-order valence-corrected chi connectivity index (χ0v) is 15.5. The predicted molar refractivity (Wildman–Crippen MR) is 106 cm³/mol. The number of aliphatic hydroxyl groups is 1. The van der Waals surface area contributed by atoms with Crippen molar-refractivity contribution in [2.24, 2.45) is 0 Å². The van der Waals surface area contributed by atoms with E-state index in [0.717, 1.165) is 30.8 Å². The van der Waals surface area contributed by atoms with Crippen molar-refractivity contribution in [3.63, 3.8) is 0 Å². The van der Waals surface area contributed by atoms with E-state index in [-0.39, 0.29) is 6.04 Å². The number of aromatic nitrogens is 3. The molecule has 27 heavy (non-hydrogen) atoms. The lowest BCUT2D eigenvalue weighted by Crippen LogP contribution is -2.41. The summed E-state index contributed by atoms with van der Waals surface area (Å²) in [7, 11) is 2.09. The van der Waals surface area contributed by atoms with Crippen molar-refractivity contribution in [1.29, 1.82) is 0 Å². The molecule has 1 aromatic heterocycles. The fraction of sp³-hybridized carbons (Fsp3) is 0.333. The van der Waals surface area contributed by atoms with Gasteiger partial charge in [0.2, 0.25) is 0 Å². The minimum Gasteiger partial charge on any atom is -0.373 e. The van der Waals surface area contributed by atoms with Crippen molar-refractivity contribution in [3.05, 3.63) is 77.4 Å². The first-order valence-electron chi connectivity index (χ1n) is 9.37. The molecule has 6 heteroatoms. The third kappa shape index (κ3) is 4.18. The molecule has 3 N–H and O–H groups in total. The van der Waals surface area contributed by atoms with Gasteiger partial charge in [-0.2, -0.15) is 0 Å². The molecule has 0 bridgehead atoms. The monoisotopic (exact) mass is 363 g/mol. The maximum atomic E-state index is 10.6. The van der Waals surface area contributed by atoms with E-state index in [4.69, 9.17) is 0 Å². The van der Waals surface area contributed by atoms with Gasteiger partial charge in [-0.3, -0.25) is 5.32 Å². The van der Waals surface area contributed by atoms with Crippen LogP contribution in [-0.4, -0.2) is 39.9 Å². The average molecular weight is 363 g/mol. The summed E-state index contributed by atoms with van der Waals surface area (Å²) in [6.07, 6.45) is 1.76. The molecular formula is C21H25N5O. The van der Waals surface area contributed by atoms with Crippen molar-refractivity contribution in [3.8, 4) is 0 Å². The van der Waals surface area contributed by atoms with Gasteiger partial charge in [0, 0.05) is 31.7 Å². The predicted octanol–water partition coefficient (Wildman–Crippen LogP) is 2.43. The Labute approximate surface area is 159 Å². The quantitative estimate of drug-likeness (QED) is 0.607. The number of likely N-dealkylation sites (N-methyl/N-ethyl adjacent to an activating group) is 1. The lowest BCUT2D eigenvalue weighted by Gasteiger charge is -2.25. The van der Waals surface area contributed by atoms with Gasteiger partial charge >= 0.3 is 0 Å². The van der Waals surface area contributed by atoms with Crippen LogP contribution in [0, 0.1) is 0 Å². The summed E-state index contributed by atoms with van der Waals surface area (Å²) >= 11 is 0. The van der Waals surface area contributed by atoms with Crippen LogP contribution in [0.5, 0.6) is 0 Å². The van der Waals surface area contributed by atoms with E-state index in [2.05, 4.69) is 68.8 Å². The standard InChI is InChI=1S/C21H25N5O/c1-26-14-17(12-11-16-9-5-6-10-18(16)26)22-21(27)20-23-19(24-25-20)13-15-7-3-2-4-8-15/h2-10,17,21-22,27H,11-14H2,1H3,(H,23,24,25). The van der Waals surface area contributed by atoms with Crippen molar-refractivity contribution in [2.45, 2.75) is 31.5 Å². The highest BCUT2D eigenvalue weighted by molar-refractivity contribution is 5.54. The van der Waals surface area contributed by atoms with Crippen molar-refractivity contribution in [2.75, 3.05) is 18.5 Å². The highest BCUT2D eigenvalue weighted by Gasteiger charge is 2.23. The minimum atomic E-state index is -0.860. The third-order valence-corrected chi connectivity index (χ3v) is 5.08. The van der Waals surface area contributed by atoms with E-state index < -0.39 is 6.23 Å². The second-order valence-corrected chi connectivity index (χ2v) is 7.13. The molecule has 6 nitrogen and oxygen atoms in total. The summed E-state index contributed by atoms with van der Waals surface area (Å²) in [4.78, 5) is 5.39. The van der Waals surface area contributed by atoms with E-state index in [1.165, 1.54) is 11.3 Å². The molecule has 0 spiro atoms. The van der Waals surface area contributed by atoms with Crippen LogP contribution in [0.25, 0.3) is 0 Å². The summed E-state index contributed by atoms with van der Waals surface area (Å²) in [6, 6.07) is 18.8. The molecule has 0 saturated heterocycles. The topological polar surface area (TPSA) is 77.1 Å². The van der Waals surface area contributed by atoms with Crippen LogP contribution in [-0.2, 0) is 12.8 Å². The van der Waals surface area contributed by atoms with Gasteiger partial charge in [0.1, 0.15) is 5.82 Å². The van der Waals surface area contributed by atoms with Crippen molar-refractivity contribution in [1.82, 2.24) is 20.5 Å². The Morgan fingerprint density at radius 2 is 1.93 bits per heavy atom. The lowest BCUT2D eigenvalue weighted by atomic mass is 10.1. The molecule has 0 aliphatic carbocycles. The van der Waals surface area contributed by atoms with Gasteiger partial charge in [-0.05, 0) is 30.0 Å². The number of H-pyrrole nitrogens is 1. The minimum absolute atomic E-state index is 0.167. The van der Waals surface area contributed by atoms with Crippen LogP contribution in [0.3, 0.4) is 0 Å². The Balaban J connectivity index is 1.39. The Morgan fingerprint density at radius 1 is 1.15 bits per heavy atom. The SMILES string of the molecule is CN1CC(NC(O)c2nnc(Cc3ccccc3)[nH]2)CCc2ccccc21. The molecule has 3 aromatic rings. The van der Waals surface area contributed by atoms with E-state index in [0.29, 0.717) is 12.2 Å². The van der Waals surface area contributed by atoms with Crippen molar-refractivity contribution < 1.29 is 5.11 Å². The number of aliphatic hydroxyl groups excluding tert-OH is 1. The molecule has 140 valence electrons. The largest absolute Gasteiger partial charge is 0.373 e. The number of hydrogen-bond donors (Lipinski definition) is 3. The van der Waals surface area contributed by atoms with Gasteiger partial charge in [0.05, 0.1) is 0 Å². The first kappa shape index (κ1) is 17.7. The number of anilines is 1. The van der Waals surface area contributed by atoms with Gasteiger partial charge in [-0.1, -0.05) is 48.5 Å². The number of aromatic amines is 1. The smallest absolute Gasteiger partial charge is 0.174 e. The number of hydrogen-bond acceptors (Lipinski definition) is 5. The summed E-state index contributed by atoms with van der Waals surface area (Å²) in [5.74, 6) is 1.22. The van der Waals surface area contributed by atoms with E-state index in [1.54, 1.807) is 0 Å². The highest BCUT2D eigenvalue weighted by atomic mass is 16.3. The number of fused-ring (bicyclic) bond motifs is 1. The third-order valence-electron chi connectivity index (χ3n) is 5.08. The highest BCUT2D eigenvalue weighted by Crippen LogP contribution is 2.25. The molecule has 1 aliphatic heterocycles. The molecule has 2 unspecified atom stereocenters. The molecule has 4 rings (SSSR count). The number of benzene rings is 2. The van der Waals surface area contributed by atoms with Gasteiger partial charge < -0.3 is 15.0 Å². The summed E-state index contributed by atoms with van der Waals surface area (Å²) in [5, 5.41) is 22.2. The molecule has 2 atom stereocenters. The van der Waals surface area contributed by atoms with Gasteiger partial charge in [0.25, 0.3) is 0 Å². The number of aryl methyl sites for hydroxylation is 1. The Morgan fingerprint density at radius 3 is 2.78 bits per heavy atom. The van der Waals surface area contributed by atoms with E-state index in [9.17, 15) is 5.11 Å². The van der Waals surface area contributed by atoms with E-state index >= 15 is 0 Å². The first-order chi connectivity index (χ1) is 13.2. The van der Waals surface area contributed by atoms with Crippen LogP contribution < -0.4 is 10.2 Å². The van der Waals surface area contributed by atoms with Crippen LogP contribution in [0.1, 0.15) is 35.4 Å². The van der Waals surface area contributed by atoms with Crippen molar-refractivity contribution >= 4 is 5.69 Å². The van der Waals surface area contributed by atoms with Gasteiger partial charge in [-0.25, -0.2) is 0 Å². The second kappa shape index (κ2) is 7.90. The fourth-order valence-electron chi connectivity index (χ4n) is 3.69.